The van der Waals surface area contributed by atoms with Crippen molar-refractivity contribution in [1.29, 1.82) is 0 Å². The van der Waals surface area contributed by atoms with Gasteiger partial charge in [-0.25, -0.2) is 4.79 Å². The summed E-state index contributed by atoms with van der Waals surface area (Å²) in [7, 11) is 1.38. The van der Waals surface area contributed by atoms with Crippen LogP contribution in [0.1, 0.15) is 17.9 Å². The molecule has 1 unspecified atom stereocenters. The first-order chi connectivity index (χ1) is 7.81. The van der Waals surface area contributed by atoms with Crippen molar-refractivity contribution in [1.82, 2.24) is 5.32 Å². The molecular formula is C12H16N2O2. The van der Waals surface area contributed by atoms with Gasteiger partial charge in [-0.05, 0) is 18.1 Å². The summed E-state index contributed by atoms with van der Waals surface area (Å²) in [5, 5.41) is 6.06. The van der Waals surface area contributed by atoms with Crippen LogP contribution in [0.2, 0.25) is 0 Å². The van der Waals surface area contributed by atoms with Crippen molar-refractivity contribution in [2.45, 2.75) is 12.3 Å². The van der Waals surface area contributed by atoms with E-state index in [1.54, 1.807) is 0 Å². The van der Waals surface area contributed by atoms with Crippen LogP contribution in [0.4, 0.5) is 10.5 Å². The number of benzene rings is 1. The van der Waals surface area contributed by atoms with E-state index in [2.05, 4.69) is 27.5 Å². The van der Waals surface area contributed by atoms with Crippen molar-refractivity contribution in [3.8, 4) is 0 Å². The largest absolute Gasteiger partial charge is 0.453 e. The van der Waals surface area contributed by atoms with Gasteiger partial charge in [0.1, 0.15) is 0 Å². The summed E-state index contributed by atoms with van der Waals surface area (Å²) in [5.74, 6) is 0.480. The second kappa shape index (κ2) is 4.88. The predicted octanol–water partition coefficient (Wildman–Crippen LogP) is 1.94. The number of ether oxygens (including phenoxy) is 1. The van der Waals surface area contributed by atoms with Gasteiger partial charge in [0.15, 0.2) is 0 Å². The number of carbonyl (C=O) groups is 1. The molecule has 1 aromatic carbocycles. The number of hydrogen-bond acceptors (Lipinski definition) is 3. The van der Waals surface area contributed by atoms with Gasteiger partial charge in [0.05, 0.1) is 7.11 Å². The standard InChI is InChI=1S/C12H16N2O2/c1-16-12(15)13-7-6-9-8-14-11-5-3-2-4-10(9)11/h2-5,9,14H,6-8H2,1H3,(H,13,15). The lowest BCUT2D eigenvalue weighted by Gasteiger charge is -2.10. The van der Waals surface area contributed by atoms with E-state index in [1.165, 1.54) is 18.4 Å². The Bertz CT molecular complexity index is 379. The van der Waals surface area contributed by atoms with E-state index < -0.39 is 0 Å². The molecule has 1 atom stereocenters. The molecule has 0 spiro atoms. The highest BCUT2D eigenvalue weighted by atomic mass is 16.5. The minimum atomic E-state index is -0.362. The number of nitrogens with one attached hydrogen (secondary N) is 2. The number of fused-ring (bicyclic) bond motifs is 1. The van der Waals surface area contributed by atoms with E-state index in [0.29, 0.717) is 12.5 Å². The third kappa shape index (κ3) is 2.27. The Morgan fingerprint density at radius 1 is 1.56 bits per heavy atom. The summed E-state index contributed by atoms with van der Waals surface area (Å²) < 4.78 is 4.52. The average Bonchev–Trinajstić information content (AvgIpc) is 2.73. The topological polar surface area (TPSA) is 50.4 Å². The molecule has 0 saturated heterocycles. The number of anilines is 1. The highest BCUT2D eigenvalue weighted by Crippen LogP contribution is 2.32. The number of alkyl carbamates (subject to hydrolysis) is 1. The summed E-state index contributed by atoms with van der Waals surface area (Å²) >= 11 is 0. The zero-order chi connectivity index (χ0) is 11.4. The lowest BCUT2D eigenvalue weighted by molar-refractivity contribution is 0.170. The normalized spacial score (nSPS) is 17.4. The fourth-order valence-corrected chi connectivity index (χ4v) is 2.04. The number of rotatable bonds is 3. The number of amides is 1. The number of methoxy groups -OCH3 is 1. The van der Waals surface area contributed by atoms with Crippen LogP contribution in [0.3, 0.4) is 0 Å². The monoisotopic (exact) mass is 220 g/mol. The van der Waals surface area contributed by atoms with Gasteiger partial charge in [-0.3, -0.25) is 0 Å². The van der Waals surface area contributed by atoms with E-state index >= 15 is 0 Å². The molecule has 0 aliphatic carbocycles. The maximum atomic E-state index is 10.9. The first kappa shape index (κ1) is 10.8. The molecule has 86 valence electrons. The van der Waals surface area contributed by atoms with Crippen LogP contribution in [0.25, 0.3) is 0 Å². The SMILES string of the molecule is COC(=O)NCCC1CNc2ccccc21. The van der Waals surface area contributed by atoms with Crippen molar-refractivity contribution >= 4 is 11.8 Å². The summed E-state index contributed by atoms with van der Waals surface area (Å²) in [4.78, 5) is 10.9. The highest BCUT2D eigenvalue weighted by Gasteiger charge is 2.20. The highest BCUT2D eigenvalue weighted by molar-refractivity contribution is 5.66. The Labute approximate surface area is 95.0 Å². The van der Waals surface area contributed by atoms with E-state index in [9.17, 15) is 4.79 Å². The van der Waals surface area contributed by atoms with Crippen molar-refractivity contribution in [2.75, 3.05) is 25.5 Å². The molecule has 2 N–H and O–H groups in total. The Hall–Kier alpha value is -1.71. The molecule has 1 aliphatic rings. The molecule has 1 heterocycles. The fourth-order valence-electron chi connectivity index (χ4n) is 2.04. The summed E-state index contributed by atoms with van der Waals surface area (Å²) in [6, 6.07) is 8.30. The molecule has 0 fully saturated rings. The van der Waals surface area contributed by atoms with E-state index in [0.717, 1.165) is 13.0 Å². The van der Waals surface area contributed by atoms with Gasteiger partial charge in [-0.2, -0.15) is 0 Å². The van der Waals surface area contributed by atoms with Gasteiger partial charge in [0.25, 0.3) is 0 Å². The average molecular weight is 220 g/mol. The fraction of sp³-hybridized carbons (Fsp3) is 0.417. The Balaban J connectivity index is 1.86. The van der Waals surface area contributed by atoms with Crippen LogP contribution >= 0.6 is 0 Å². The molecule has 1 aliphatic heterocycles. The van der Waals surface area contributed by atoms with Crippen molar-refractivity contribution in [3.05, 3.63) is 29.8 Å². The quantitative estimate of drug-likeness (QED) is 0.818. The first-order valence-electron chi connectivity index (χ1n) is 5.46. The lowest BCUT2D eigenvalue weighted by atomic mass is 9.98. The molecule has 0 radical (unpaired) electrons. The number of carbonyl (C=O) groups excluding carboxylic acids is 1. The molecule has 4 nitrogen and oxygen atoms in total. The molecule has 4 heteroatoms. The third-order valence-electron chi connectivity index (χ3n) is 2.89. The predicted molar refractivity (Wildman–Crippen MR) is 62.7 cm³/mol. The number of hydrogen-bond donors (Lipinski definition) is 2. The first-order valence-corrected chi connectivity index (χ1v) is 5.46. The summed E-state index contributed by atoms with van der Waals surface area (Å²) in [6.07, 6.45) is 0.568. The van der Waals surface area contributed by atoms with Crippen LogP contribution < -0.4 is 10.6 Å². The van der Waals surface area contributed by atoms with Gasteiger partial charge in [-0.1, -0.05) is 18.2 Å². The number of para-hydroxylation sites is 1. The van der Waals surface area contributed by atoms with Crippen LogP contribution in [0.5, 0.6) is 0 Å². The maximum Gasteiger partial charge on any atom is 0.406 e. The minimum Gasteiger partial charge on any atom is -0.453 e. The smallest absolute Gasteiger partial charge is 0.406 e. The van der Waals surface area contributed by atoms with Crippen molar-refractivity contribution in [2.24, 2.45) is 0 Å². The van der Waals surface area contributed by atoms with Crippen LogP contribution in [0, 0.1) is 0 Å². The van der Waals surface area contributed by atoms with E-state index in [1.807, 2.05) is 12.1 Å². The summed E-state index contributed by atoms with van der Waals surface area (Å²) in [5.41, 5.74) is 2.56. The molecule has 0 bridgehead atoms. The van der Waals surface area contributed by atoms with Gasteiger partial charge in [0.2, 0.25) is 0 Å². The molecule has 0 saturated carbocycles. The molecule has 16 heavy (non-hydrogen) atoms. The van der Waals surface area contributed by atoms with Gasteiger partial charge in [-0.15, -0.1) is 0 Å². The summed E-state index contributed by atoms with van der Waals surface area (Å²) in [6.45, 7) is 1.59. The van der Waals surface area contributed by atoms with Crippen LogP contribution in [0.15, 0.2) is 24.3 Å². The van der Waals surface area contributed by atoms with E-state index in [4.69, 9.17) is 0 Å². The maximum absolute atomic E-state index is 10.9. The van der Waals surface area contributed by atoms with Crippen LogP contribution in [-0.4, -0.2) is 26.3 Å². The molecule has 1 amide bonds. The second-order valence-corrected chi connectivity index (χ2v) is 3.87. The van der Waals surface area contributed by atoms with Crippen molar-refractivity contribution < 1.29 is 9.53 Å². The molecule has 1 aromatic rings. The zero-order valence-electron chi connectivity index (χ0n) is 9.32. The minimum absolute atomic E-state index is 0.362. The van der Waals surface area contributed by atoms with Gasteiger partial charge < -0.3 is 15.4 Å². The van der Waals surface area contributed by atoms with Crippen molar-refractivity contribution in [3.63, 3.8) is 0 Å². The Morgan fingerprint density at radius 3 is 3.19 bits per heavy atom. The molecule has 2 rings (SSSR count). The lowest BCUT2D eigenvalue weighted by Crippen LogP contribution is -2.25. The zero-order valence-corrected chi connectivity index (χ0v) is 9.32. The Morgan fingerprint density at radius 2 is 2.38 bits per heavy atom. The third-order valence-corrected chi connectivity index (χ3v) is 2.89. The second-order valence-electron chi connectivity index (χ2n) is 3.87. The van der Waals surface area contributed by atoms with Gasteiger partial charge >= 0.3 is 6.09 Å². The molecule has 0 aromatic heterocycles. The van der Waals surface area contributed by atoms with Crippen LogP contribution in [-0.2, 0) is 4.74 Å². The van der Waals surface area contributed by atoms with Gasteiger partial charge in [0, 0.05) is 24.7 Å². The molecular weight excluding hydrogens is 204 g/mol. The van der Waals surface area contributed by atoms with E-state index in [-0.39, 0.29) is 6.09 Å². The Kier molecular flexibility index (Phi) is 3.29.